The molecule has 1 aromatic carbocycles. The summed E-state index contributed by atoms with van der Waals surface area (Å²) in [5, 5.41) is 14.3. The second-order valence-corrected chi connectivity index (χ2v) is 4.72. The lowest BCUT2D eigenvalue weighted by Gasteiger charge is -2.04. The number of rotatable bonds is 4. The number of benzene rings is 1. The molecule has 118 valence electrons. The number of alkyl halides is 2. The summed E-state index contributed by atoms with van der Waals surface area (Å²) in [4.78, 5) is 10.2. The topological polar surface area (TPSA) is 70.2 Å². The van der Waals surface area contributed by atoms with E-state index in [1.807, 2.05) is 0 Å². The summed E-state index contributed by atoms with van der Waals surface area (Å²) in [6.45, 7) is -1.77. The van der Waals surface area contributed by atoms with Gasteiger partial charge in [-0.05, 0) is 13.0 Å². The van der Waals surface area contributed by atoms with Crippen molar-refractivity contribution < 1.29 is 22.8 Å². The summed E-state index contributed by atoms with van der Waals surface area (Å²) < 4.78 is 43.8. The first-order valence-electron chi connectivity index (χ1n) is 5.84. The van der Waals surface area contributed by atoms with Crippen LogP contribution in [0, 0.1) is 22.9 Å². The average molecular weight is 336 g/mol. The Labute approximate surface area is 127 Å². The van der Waals surface area contributed by atoms with Crippen LogP contribution in [0.3, 0.4) is 0 Å². The summed E-state index contributed by atoms with van der Waals surface area (Å²) in [6.07, 6.45) is 0. The lowest BCUT2D eigenvalue weighted by molar-refractivity contribution is -0.385. The van der Waals surface area contributed by atoms with Crippen molar-refractivity contribution in [2.24, 2.45) is 7.05 Å². The Morgan fingerprint density at radius 3 is 2.64 bits per heavy atom. The van der Waals surface area contributed by atoms with Gasteiger partial charge in [-0.1, -0.05) is 11.6 Å². The van der Waals surface area contributed by atoms with Crippen LogP contribution < -0.4 is 4.74 Å². The number of nitro benzene ring substituents is 1. The van der Waals surface area contributed by atoms with Crippen LogP contribution in [0.15, 0.2) is 12.1 Å². The first-order valence-corrected chi connectivity index (χ1v) is 6.22. The highest BCUT2D eigenvalue weighted by molar-refractivity contribution is 6.34. The van der Waals surface area contributed by atoms with Crippen molar-refractivity contribution in [2.45, 2.75) is 13.5 Å². The SMILES string of the molecule is Cc1cc(F)c(-c2nn(C)c(OC(F)F)c2Cl)cc1[N+](=O)[O-]. The van der Waals surface area contributed by atoms with E-state index in [1.165, 1.54) is 14.0 Å². The highest BCUT2D eigenvalue weighted by Gasteiger charge is 2.25. The smallest absolute Gasteiger partial charge is 0.388 e. The molecule has 0 saturated heterocycles. The van der Waals surface area contributed by atoms with Gasteiger partial charge in [0.05, 0.1) is 4.92 Å². The Hall–Kier alpha value is -2.29. The van der Waals surface area contributed by atoms with Gasteiger partial charge in [0.25, 0.3) is 5.69 Å². The Morgan fingerprint density at radius 1 is 1.45 bits per heavy atom. The molecule has 2 rings (SSSR count). The number of halogens is 4. The minimum atomic E-state index is -3.14. The van der Waals surface area contributed by atoms with Crippen molar-refractivity contribution in [3.8, 4) is 17.1 Å². The fourth-order valence-corrected chi connectivity index (χ4v) is 2.21. The number of hydrogen-bond acceptors (Lipinski definition) is 4. The third-order valence-corrected chi connectivity index (χ3v) is 3.22. The Morgan fingerprint density at radius 2 is 2.09 bits per heavy atom. The Kier molecular flexibility index (Phi) is 4.27. The average Bonchev–Trinajstić information content (AvgIpc) is 2.66. The predicted molar refractivity (Wildman–Crippen MR) is 71.6 cm³/mol. The second-order valence-electron chi connectivity index (χ2n) is 4.35. The zero-order chi connectivity index (χ0) is 16.6. The molecule has 0 N–H and O–H groups in total. The molecule has 0 saturated carbocycles. The van der Waals surface area contributed by atoms with E-state index in [-0.39, 0.29) is 27.5 Å². The summed E-state index contributed by atoms with van der Waals surface area (Å²) in [7, 11) is 1.27. The standard InChI is InChI=1S/C12H9ClF3N3O3/c1-5-3-7(14)6(4-8(5)19(20)21)10-9(13)11(18(2)17-10)22-12(15)16/h3-4,12H,1-2H3. The van der Waals surface area contributed by atoms with Crippen LogP contribution in [0.2, 0.25) is 5.02 Å². The largest absolute Gasteiger partial charge is 0.416 e. The van der Waals surface area contributed by atoms with Crippen LogP contribution in [0.5, 0.6) is 5.88 Å². The van der Waals surface area contributed by atoms with Crippen molar-refractivity contribution in [2.75, 3.05) is 0 Å². The molecular formula is C12H9ClF3N3O3. The van der Waals surface area contributed by atoms with Gasteiger partial charge in [-0.2, -0.15) is 13.9 Å². The minimum absolute atomic E-state index is 0.113. The number of aromatic nitrogens is 2. The van der Waals surface area contributed by atoms with Crippen LogP contribution in [0.4, 0.5) is 18.9 Å². The van der Waals surface area contributed by atoms with Crippen molar-refractivity contribution in [1.82, 2.24) is 9.78 Å². The molecule has 6 nitrogen and oxygen atoms in total. The molecule has 0 radical (unpaired) electrons. The van der Waals surface area contributed by atoms with Gasteiger partial charge in [0, 0.05) is 24.2 Å². The monoisotopic (exact) mass is 335 g/mol. The number of hydrogen-bond donors (Lipinski definition) is 0. The first-order chi connectivity index (χ1) is 10.2. The number of nitrogens with zero attached hydrogens (tertiary/aromatic N) is 3. The predicted octanol–water partition coefficient (Wildman–Crippen LogP) is 3.70. The van der Waals surface area contributed by atoms with Gasteiger partial charge in [0.1, 0.15) is 16.5 Å². The lowest BCUT2D eigenvalue weighted by Crippen LogP contribution is -2.06. The van der Waals surface area contributed by atoms with E-state index in [2.05, 4.69) is 9.84 Å². The summed E-state index contributed by atoms with van der Waals surface area (Å²) in [5.41, 5.74) is -0.723. The zero-order valence-electron chi connectivity index (χ0n) is 11.3. The molecule has 0 unspecified atom stereocenters. The van der Waals surface area contributed by atoms with Crippen LogP contribution >= 0.6 is 11.6 Å². The van der Waals surface area contributed by atoms with Crippen molar-refractivity contribution in [1.29, 1.82) is 0 Å². The fraction of sp³-hybridized carbons (Fsp3) is 0.250. The molecular weight excluding hydrogens is 327 g/mol. The first kappa shape index (κ1) is 16.1. The van der Waals surface area contributed by atoms with E-state index in [0.29, 0.717) is 0 Å². The van der Waals surface area contributed by atoms with Crippen LogP contribution in [0.25, 0.3) is 11.3 Å². The van der Waals surface area contributed by atoms with Crippen LogP contribution in [-0.4, -0.2) is 21.3 Å². The molecule has 1 aromatic heterocycles. The molecule has 22 heavy (non-hydrogen) atoms. The molecule has 0 aliphatic heterocycles. The van der Waals surface area contributed by atoms with Gasteiger partial charge in [0.2, 0.25) is 5.88 Å². The molecule has 0 aliphatic carbocycles. The summed E-state index contributed by atoms with van der Waals surface area (Å²) >= 11 is 5.87. The molecule has 0 aliphatic rings. The normalized spacial score (nSPS) is 11.0. The van der Waals surface area contributed by atoms with E-state index in [1.54, 1.807) is 0 Å². The maximum Gasteiger partial charge on any atom is 0.388 e. The molecule has 2 aromatic rings. The van der Waals surface area contributed by atoms with Crippen molar-refractivity contribution in [3.63, 3.8) is 0 Å². The van der Waals surface area contributed by atoms with Crippen LogP contribution in [-0.2, 0) is 7.05 Å². The second kappa shape index (κ2) is 5.84. The van der Waals surface area contributed by atoms with E-state index < -0.39 is 23.2 Å². The maximum atomic E-state index is 14.0. The van der Waals surface area contributed by atoms with Crippen molar-refractivity contribution >= 4 is 17.3 Å². The summed E-state index contributed by atoms with van der Waals surface area (Å²) in [5.74, 6) is -1.28. The molecule has 0 bridgehead atoms. The van der Waals surface area contributed by atoms with Gasteiger partial charge in [-0.15, -0.1) is 0 Å². The molecule has 0 spiro atoms. The Balaban J connectivity index is 2.62. The number of ether oxygens (including phenoxy) is 1. The minimum Gasteiger partial charge on any atom is -0.416 e. The molecule has 0 fully saturated rings. The van der Waals surface area contributed by atoms with Crippen molar-refractivity contribution in [3.05, 3.63) is 38.7 Å². The third-order valence-electron chi connectivity index (χ3n) is 2.88. The molecule has 0 atom stereocenters. The van der Waals surface area contributed by atoms with Crippen LogP contribution in [0.1, 0.15) is 5.56 Å². The molecule has 1 heterocycles. The number of nitro groups is 1. The van der Waals surface area contributed by atoms with E-state index in [4.69, 9.17) is 11.6 Å². The van der Waals surface area contributed by atoms with E-state index in [9.17, 15) is 23.3 Å². The third kappa shape index (κ3) is 2.84. The van der Waals surface area contributed by atoms with Gasteiger partial charge >= 0.3 is 6.61 Å². The quantitative estimate of drug-likeness (QED) is 0.631. The summed E-state index contributed by atoms with van der Waals surface area (Å²) in [6, 6.07) is 1.90. The highest BCUT2D eigenvalue weighted by Crippen LogP contribution is 2.38. The molecule has 10 heteroatoms. The van der Waals surface area contributed by atoms with E-state index >= 15 is 0 Å². The van der Waals surface area contributed by atoms with Gasteiger partial charge < -0.3 is 4.74 Å². The van der Waals surface area contributed by atoms with Gasteiger partial charge in [-0.3, -0.25) is 10.1 Å². The molecule has 0 amide bonds. The highest BCUT2D eigenvalue weighted by atomic mass is 35.5. The zero-order valence-corrected chi connectivity index (χ0v) is 12.1. The van der Waals surface area contributed by atoms with E-state index in [0.717, 1.165) is 16.8 Å². The number of aryl methyl sites for hydroxylation is 2. The maximum absolute atomic E-state index is 14.0. The fourth-order valence-electron chi connectivity index (χ4n) is 1.91. The van der Waals surface area contributed by atoms with Gasteiger partial charge in [0.15, 0.2) is 0 Å². The lowest BCUT2D eigenvalue weighted by atomic mass is 10.1. The van der Waals surface area contributed by atoms with Gasteiger partial charge in [-0.25, -0.2) is 9.07 Å². The Bertz CT molecular complexity index is 749.